The number of hydrogen-bond donors (Lipinski definition) is 2. The lowest BCUT2D eigenvalue weighted by atomic mass is 10.2. The van der Waals surface area contributed by atoms with Crippen molar-refractivity contribution in [3.8, 4) is 22.1 Å². The van der Waals surface area contributed by atoms with Gasteiger partial charge in [-0.3, -0.25) is 5.41 Å². The first-order valence-corrected chi connectivity index (χ1v) is 7.53. The number of hydrogen-bond acceptors (Lipinski definition) is 5. The lowest BCUT2D eigenvalue weighted by molar-refractivity contribution is 0.404. The molecule has 1 aromatic heterocycles. The molecule has 3 N–H and O–H groups in total. The predicted octanol–water partition coefficient (Wildman–Crippen LogP) is 2.99. The summed E-state index contributed by atoms with van der Waals surface area (Å²) in [6.07, 6.45) is 2.25. The molecule has 1 aliphatic rings. The lowest BCUT2D eigenvalue weighted by Gasteiger charge is -2.08. The van der Waals surface area contributed by atoms with Gasteiger partial charge in [0.15, 0.2) is 0 Å². The summed E-state index contributed by atoms with van der Waals surface area (Å²) < 4.78 is 10.7. The fraction of sp³-hybridized carbons (Fsp3) is 0.333. The molecule has 0 aliphatic heterocycles. The molecule has 0 bridgehead atoms. The average molecular weight is 303 g/mol. The monoisotopic (exact) mass is 303 g/mol. The SMILES string of the molecule is COc1ccc(OC)c(-c2nc(C3CC3)c(C(=N)N)s2)c1. The zero-order chi connectivity index (χ0) is 15.0. The molecule has 0 saturated heterocycles. The van der Waals surface area contributed by atoms with Gasteiger partial charge in [-0.1, -0.05) is 0 Å². The summed E-state index contributed by atoms with van der Waals surface area (Å²) in [5.74, 6) is 2.02. The van der Waals surface area contributed by atoms with Crippen molar-refractivity contribution in [2.24, 2.45) is 5.73 Å². The van der Waals surface area contributed by atoms with Gasteiger partial charge in [0.05, 0.1) is 30.4 Å². The number of benzene rings is 1. The molecule has 1 heterocycles. The van der Waals surface area contributed by atoms with Crippen LogP contribution in [0.15, 0.2) is 18.2 Å². The molecule has 0 unspecified atom stereocenters. The Balaban J connectivity index is 2.11. The van der Waals surface area contributed by atoms with Crippen LogP contribution >= 0.6 is 11.3 Å². The van der Waals surface area contributed by atoms with Gasteiger partial charge in [-0.15, -0.1) is 11.3 Å². The molecule has 5 nitrogen and oxygen atoms in total. The van der Waals surface area contributed by atoms with Gasteiger partial charge in [-0.2, -0.15) is 0 Å². The molecule has 2 aromatic rings. The maximum Gasteiger partial charge on any atom is 0.135 e. The fourth-order valence-corrected chi connectivity index (χ4v) is 3.29. The minimum Gasteiger partial charge on any atom is -0.497 e. The number of rotatable bonds is 5. The van der Waals surface area contributed by atoms with Crippen LogP contribution in [0.3, 0.4) is 0 Å². The quantitative estimate of drug-likeness (QED) is 0.657. The zero-order valence-electron chi connectivity index (χ0n) is 12.0. The van der Waals surface area contributed by atoms with Crippen molar-refractivity contribution in [3.63, 3.8) is 0 Å². The maximum absolute atomic E-state index is 7.74. The van der Waals surface area contributed by atoms with E-state index in [1.54, 1.807) is 14.2 Å². The van der Waals surface area contributed by atoms with Gasteiger partial charge in [0.2, 0.25) is 0 Å². The van der Waals surface area contributed by atoms with Crippen LogP contribution in [0, 0.1) is 5.41 Å². The molecule has 3 rings (SSSR count). The summed E-state index contributed by atoms with van der Waals surface area (Å²) >= 11 is 1.44. The minimum absolute atomic E-state index is 0.0857. The molecule has 0 radical (unpaired) electrons. The number of nitrogens with two attached hydrogens (primary N) is 1. The zero-order valence-corrected chi connectivity index (χ0v) is 12.8. The molecule has 6 heteroatoms. The molecule has 0 amide bonds. The number of ether oxygens (including phenoxy) is 2. The summed E-state index contributed by atoms with van der Waals surface area (Å²) in [5, 5.41) is 8.56. The van der Waals surface area contributed by atoms with Crippen LogP contribution in [0.5, 0.6) is 11.5 Å². The molecule has 1 saturated carbocycles. The summed E-state index contributed by atoms with van der Waals surface area (Å²) in [6, 6.07) is 5.61. The van der Waals surface area contributed by atoms with Crippen molar-refractivity contribution >= 4 is 17.2 Å². The molecular weight excluding hydrogens is 286 g/mol. The van der Waals surface area contributed by atoms with Gasteiger partial charge in [0.1, 0.15) is 22.3 Å². The number of nitrogens with one attached hydrogen (secondary N) is 1. The van der Waals surface area contributed by atoms with Crippen LogP contribution < -0.4 is 15.2 Å². The first-order valence-electron chi connectivity index (χ1n) is 6.71. The van der Waals surface area contributed by atoms with Crippen LogP contribution in [-0.4, -0.2) is 25.0 Å². The lowest BCUT2D eigenvalue weighted by Crippen LogP contribution is -2.11. The summed E-state index contributed by atoms with van der Waals surface area (Å²) in [5.41, 5.74) is 7.52. The van der Waals surface area contributed by atoms with Crippen molar-refractivity contribution in [1.82, 2.24) is 4.98 Å². The van der Waals surface area contributed by atoms with E-state index in [-0.39, 0.29) is 5.84 Å². The Morgan fingerprint density at radius 3 is 2.67 bits per heavy atom. The summed E-state index contributed by atoms with van der Waals surface area (Å²) in [7, 11) is 3.26. The second-order valence-corrected chi connectivity index (χ2v) is 5.99. The first kappa shape index (κ1) is 13.9. The second-order valence-electron chi connectivity index (χ2n) is 4.99. The fourth-order valence-electron chi connectivity index (χ4n) is 2.25. The van der Waals surface area contributed by atoms with E-state index in [1.807, 2.05) is 18.2 Å². The Labute approximate surface area is 127 Å². The minimum atomic E-state index is 0.0857. The van der Waals surface area contributed by atoms with Gasteiger partial charge in [-0.05, 0) is 31.0 Å². The Morgan fingerprint density at radius 1 is 1.33 bits per heavy atom. The van der Waals surface area contributed by atoms with Gasteiger partial charge in [0.25, 0.3) is 0 Å². The third kappa shape index (κ3) is 2.58. The molecule has 0 spiro atoms. The van der Waals surface area contributed by atoms with Gasteiger partial charge < -0.3 is 15.2 Å². The van der Waals surface area contributed by atoms with Crippen LogP contribution in [0.25, 0.3) is 10.6 Å². The topological polar surface area (TPSA) is 81.2 Å². The number of methoxy groups -OCH3 is 2. The van der Waals surface area contributed by atoms with E-state index >= 15 is 0 Å². The van der Waals surface area contributed by atoms with Crippen LogP contribution in [0.1, 0.15) is 29.3 Å². The van der Waals surface area contributed by atoms with Crippen molar-refractivity contribution in [1.29, 1.82) is 5.41 Å². The smallest absolute Gasteiger partial charge is 0.135 e. The predicted molar refractivity (Wildman–Crippen MR) is 83.6 cm³/mol. The summed E-state index contributed by atoms with van der Waals surface area (Å²) in [4.78, 5) is 5.49. The van der Waals surface area contributed by atoms with Crippen LogP contribution in [-0.2, 0) is 0 Å². The Morgan fingerprint density at radius 2 is 2.10 bits per heavy atom. The highest BCUT2D eigenvalue weighted by Crippen LogP contribution is 2.45. The third-order valence-corrected chi connectivity index (χ3v) is 4.64. The normalized spacial score (nSPS) is 14.0. The van der Waals surface area contributed by atoms with Crippen molar-refractivity contribution in [3.05, 3.63) is 28.8 Å². The maximum atomic E-state index is 7.74. The van der Waals surface area contributed by atoms with E-state index in [4.69, 9.17) is 25.6 Å². The van der Waals surface area contributed by atoms with Crippen LogP contribution in [0.2, 0.25) is 0 Å². The number of thiazole rings is 1. The number of amidine groups is 1. The third-order valence-electron chi connectivity index (χ3n) is 3.50. The molecule has 0 atom stereocenters. The Hall–Kier alpha value is -2.08. The molecule has 1 fully saturated rings. The highest BCUT2D eigenvalue weighted by Gasteiger charge is 2.31. The van der Waals surface area contributed by atoms with E-state index in [1.165, 1.54) is 11.3 Å². The number of nitrogens with zero attached hydrogens (tertiary/aromatic N) is 1. The Kier molecular flexibility index (Phi) is 3.55. The van der Waals surface area contributed by atoms with E-state index in [9.17, 15) is 0 Å². The van der Waals surface area contributed by atoms with Crippen molar-refractivity contribution in [2.75, 3.05) is 14.2 Å². The first-order chi connectivity index (χ1) is 10.1. The second kappa shape index (κ2) is 5.37. The molecule has 1 aromatic carbocycles. The molecule has 1 aliphatic carbocycles. The van der Waals surface area contributed by atoms with E-state index < -0.39 is 0 Å². The molecule has 21 heavy (non-hydrogen) atoms. The largest absolute Gasteiger partial charge is 0.497 e. The van der Waals surface area contributed by atoms with Gasteiger partial charge >= 0.3 is 0 Å². The van der Waals surface area contributed by atoms with Gasteiger partial charge in [0, 0.05) is 5.92 Å². The molecular formula is C15H17N3O2S. The standard InChI is InChI=1S/C15H17N3O2S/c1-19-9-5-6-11(20-2)10(7-9)15-18-12(8-3-4-8)13(21-15)14(16)17/h5-8H,3-4H2,1-2H3,(H3,16,17). The van der Waals surface area contributed by atoms with Crippen LogP contribution in [0.4, 0.5) is 0 Å². The van der Waals surface area contributed by atoms with Crippen molar-refractivity contribution in [2.45, 2.75) is 18.8 Å². The van der Waals surface area contributed by atoms with E-state index in [0.717, 1.165) is 45.5 Å². The number of nitrogen functional groups attached to an aromatic ring is 1. The van der Waals surface area contributed by atoms with Gasteiger partial charge in [-0.25, -0.2) is 4.98 Å². The average Bonchev–Trinajstić information content (AvgIpc) is 3.24. The highest BCUT2D eigenvalue weighted by atomic mass is 32.1. The summed E-state index contributed by atoms with van der Waals surface area (Å²) in [6.45, 7) is 0. The Bertz CT molecular complexity index is 692. The van der Waals surface area contributed by atoms with Crippen molar-refractivity contribution < 1.29 is 9.47 Å². The van der Waals surface area contributed by atoms with E-state index in [0.29, 0.717) is 5.92 Å². The van der Waals surface area contributed by atoms with E-state index in [2.05, 4.69) is 0 Å². The number of aromatic nitrogens is 1. The molecule has 110 valence electrons. The highest BCUT2D eigenvalue weighted by molar-refractivity contribution is 7.17.